The third-order valence-electron chi connectivity index (χ3n) is 4.96. The summed E-state index contributed by atoms with van der Waals surface area (Å²) in [4.78, 5) is 11.3. The fourth-order valence-corrected chi connectivity index (χ4v) is 3.67. The first-order valence-electron chi connectivity index (χ1n) is 8.27. The van der Waals surface area contributed by atoms with Gasteiger partial charge in [-0.2, -0.15) is 13.2 Å². The summed E-state index contributed by atoms with van der Waals surface area (Å²) in [6.07, 6.45) is -3.14. The molecule has 2 aliphatic rings. The van der Waals surface area contributed by atoms with Crippen LogP contribution in [-0.2, 0) is 17.6 Å². The van der Waals surface area contributed by atoms with Crippen molar-refractivity contribution < 1.29 is 33.3 Å². The number of phenols is 2. The SMILES string of the molecule is CN1CCc2cccc3c2[C@H]1Cc1ccc(O)c(O)c1-3.O=C(O)C(F)(F)F. The molecular weight excluding hydrogens is 363 g/mol. The van der Waals surface area contributed by atoms with Crippen LogP contribution in [0, 0.1) is 0 Å². The van der Waals surface area contributed by atoms with Gasteiger partial charge in [0.05, 0.1) is 0 Å². The molecule has 1 aliphatic heterocycles. The molecule has 2 aromatic rings. The second-order valence-corrected chi connectivity index (χ2v) is 6.60. The van der Waals surface area contributed by atoms with Crippen LogP contribution in [0.5, 0.6) is 11.5 Å². The van der Waals surface area contributed by atoms with Crippen LogP contribution >= 0.6 is 0 Å². The highest BCUT2D eigenvalue weighted by Gasteiger charge is 2.38. The largest absolute Gasteiger partial charge is 0.504 e. The van der Waals surface area contributed by atoms with E-state index in [9.17, 15) is 23.4 Å². The van der Waals surface area contributed by atoms with E-state index in [1.54, 1.807) is 6.07 Å². The van der Waals surface area contributed by atoms with Crippen LogP contribution in [-0.4, -0.2) is 46.0 Å². The van der Waals surface area contributed by atoms with Gasteiger partial charge in [-0.25, -0.2) is 4.79 Å². The number of aromatic hydroxyl groups is 2. The second-order valence-electron chi connectivity index (χ2n) is 6.60. The molecule has 27 heavy (non-hydrogen) atoms. The molecule has 4 rings (SSSR count). The maximum absolute atomic E-state index is 10.6. The van der Waals surface area contributed by atoms with Gasteiger partial charge in [0.1, 0.15) is 0 Å². The molecule has 0 amide bonds. The molecule has 0 bridgehead atoms. The number of likely N-dealkylation sites (N-methyl/N-ethyl adjacent to an activating group) is 1. The summed E-state index contributed by atoms with van der Waals surface area (Å²) in [7, 11) is 2.16. The second kappa shape index (κ2) is 6.77. The van der Waals surface area contributed by atoms with Gasteiger partial charge in [-0.05, 0) is 48.2 Å². The van der Waals surface area contributed by atoms with E-state index in [4.69, 9.17) is 9.90 Å². The Morgan fingerprint density at radius 1 is 1.15 bits per heavy atom. The third kappa shape index (κ3) is 3.44. The zero-order valence-corrected chi connectivity index (χ0v) is 14.4. The van der Waals surface area contributed by atoms with Gasteiger partial charge in [-0.15, -0.1) is 0 Å². The summed E-state index contributed by atoms with van der Waals surface area (Å²) >= 11 is 0. The van der Waals surface area contributed by atoms with Gasteiger partial charge in [0, 0.05) is 18.2 Å². The van der Waals surface area contributed by atoms with E-state index in [0.717, 1.165) is 36.1 Å². The Balaban J connectivity index is 0.000000260. The van der Waals surface area contributed by atoms with E-state index in [0.29, 0.717) is 6.04 Å². The van der Waals surface area contributed by atoms with Crippen LogP contribution in [0.3, 0.4) is 0 Å². The molecule has 1 heterocycles. The fraction of sp³-hybridized carbons (Fsp3) is 0.316. The number of aliphatic carboxylic acids is 1. The lowest BCUT2D eigenvalue weighted by Crippen LogP contribution is -2.35. The van der Waals surface area contributed by atoms with Crippen molar-refractivity contribution >= 4 is 5.97 Å². The van der Waals surface area contributed by atoms with Gasteiger partial charge in [0.2, 0.25) is 0 Å². The maximum atomic E-state index is 10.6. The number of fused-ring (bicyclic) bond motifs is 2. The minimum atomic E-state index is -5.08. The minimum absolute atomic E-state index is 0.0163. The quantitative estimate of drug-likeness (QED) is 0.609. The highest BCUT2D eigenvalue weighted by atomic mass is 19.4. The van der Waals surface area contributed by atoms with E-state index in [1.807, 2.05) is 6.07 Å². The predicted molar refractivity (Wildman–Crippen MR) is 91.7 cm³/mol. The lowest BCUT2D eigenvalue weighted by atomic mass is 9.77. The van der Waals surface area contributed by atoms with Crippen molar-refractivity contribution in [1.29, 1.82) is 0 Å². The first-order chi connectivity index (χ1) is 12.6. The number of hydrogen-bond acceptors (Lipinski definition) is 4. The minimum Gasteiger partial charge on any atom is -0.504 e. The summed E-state index contributed by atoms with van der Waals surface area (Å²) in [5, 5.41) is 27.2. The molecule has 0 spiro atoms. The highest BCUT2D eigenvalue weighted by molar-refractivity contribution is 5.82. The molecule has 2 aromatic carbocycles. The number of nitrogens with zero attached hydrogens (tertiary/aromatic N) is 1. The molecule has 144 valence electrons. The van der Waals surface area contributed by atoms with Crippen LogP contribution in [0.2, 0.25) is 0 Å². The molecular formula is C19H18F3NO4. The Bertz CT molecular complexity index is 895. The Kier molecular flexibility index (Phi) is 4.77. The van der Waals surface area contributed by atoms with Gasteiger partial charge in [-0.1, -0.05) is 24.3 Å². The summed E-state index contributed by atoms with van der Waals surface area (Å²) in [6.45, 7) is 1.07. The third-order valence-corrected chi connectivity index (χ3v) is 4.96. The van der Waals surface area contributed by atoms with Crippen molar-refractivity contribution in [3.05, 3.63) is 47.0 Å². The molecule has 1 atom stereocenters. The number of hydrogen-bond donors (Lipinski definition) is 3. The number of carboxylic acids is 1. The first kappa shape index (κ1) is 19.0. The van der Waals surface area contributed by atoms with Crippen LogP contribution in [0.25, 0.3) is 11.1 Å². The first-order valence-corrected chi connectivity index (χ1v) is 8.27. The molecule has 0 aromatic heterocycles. The Hall–Kier alpha value is -2.74. The van der Waals surface area contributed by atoms with E-state index >= 15 is 0 Å². The van der Waals surface area contributed by atoms with E-state index in [-0.39, 0.29) is 11.5 Å². The highest BCUT2D eigenvalue weighted by Crippen LogP contribution is 2.49. The monoisotopic (exact) mass is 381 g/mol. The number of alkyl halides is 3. The lowest BCUT2D eigenvalue weighted by Gasteiger charge is -2.39. The Labute approximate surface area is 153 Å². The maximum Gasteiger partial charge on any atom is 0.490 e. The summed E-state index contributed by atoms with van der Waals surface area (Å²) in [5.41, 5.74) is 5.71. The molecule has 0 saturated heterocycles. The zero-order valence-electron chi connectivity index (χ0n) is 14.4. The van der Waals surface area contributed by atoms with Gasteiger partial charge in [0.25, 0.3) is 0 Å². The van der Waals surface area contributed by atoms with Gasteiger partial charge in [0.15, 0.2) is 11.5 Å². The number of rotatable bonds is 0. The average Bonchev–Trinajstić information content (AvgIpc) is 2.61. The molecule has 1 aliphatic carbocycles. The number of carbonyl (C=O) groups is 1. The smallest absolute Gasteiger partial charge is 0.490 e. The summed E-state index contributed by atoms with van der Waals surface area (Å²) in [6, 6.07) is 10.2. The van der Waals surface area contributed by atoms with E-state index in [1.165, 1.54) is 11.1 Å². The van der Waals surface area contributed by atoms with Crippen molar-refractivity contribution in [1.82, 2.24) is 4.90 Å². The van der Waals surface area contributed by atoms with Crippen LogP contribution in [0.1, 0.15) is 22.7 Å². The molecule has 0 fully saturated rings. The molecule has 0 radical (unpaired) electrons. The van der Waals surface area contributed by atoms with E-state index < -0.39 is 12.1 Å². The zero-order chi connectivity index (χ0) is 19.9. The summed E-state index contributed by atoms with van der Waals surface area (Å²) in [5.74, 6) is -2.78. The number of phenolic OH excluding ortho intramolecular Hbond substituents is 2. The molecule has 3 N–H and O–H groups in total. The number of halogens is 3. The molecule has 5 nitrogen and oxygen atoms in total. The molecule has 8 heteroatoms. The standard InChI is InChI=1S/C17H17NO2.C2HF3O2/c1-18-8-7-10-3-2-4-12-15(10)13(18)9-11-5-6-14(19)17(20)16(11)12;3-2(4,5)1(6)7/h2-6,13,19-20H,7-9H2,1H3;(H,6,7)/t13-;/m1./s1. The van der Waals surface area contributed by atoms with Crippen LogP contribution < -0.4 is 0 Å². The van der Waals surface area contributed by atoms with Crippen molar-refractivity contribution in [3.8, 4) is 22.6 Å². The molecule has 0 unspecified atom stereocenters. The number of benzene rings is 2. The predicted octanol–water partition coefficient (Wildman–Crippen LogP) is 3.48. The van der Waals surface area contributed by atoms with Gasteiger partial charge in [-0.3, -0.25) is 4.90 Å². The van der Waals surface area contributed by atoms with E-state index in [2.05, 4.69) is 30.1 Å². The molecule has 0 saturated carbocycles. The summed E-state index contributed by atoms with van der Waals surface area (Å²) < 4.78 is 31.7. The number of carboxylic acid groups (broad SMARTS) is 1. The fourth-order valence-electron chi connectivity index (χ4n) is 3.67. The normalized spacial score (nSPS) is 18.0. The van der Waals surface area contributed by atoms with Crippen molar-refractivity contribution in [2.24, 2.45) is 0 Å². The Morgan fingerprint density at radius 3 is 2.44 bits per heavy atom. The van der Waals surface area contributed by atoms with Crippen molar-refractivity contribution in [2.75, 3.05) is 13.6 Å². The van der Waals surface area contributed by atoms with Crippen molar-refractivity contribution in [2.45, 2.75) is 25.1 Å². The van der Waals surface area contributed by atoms with Crippen molar-refractivity contribution in [3.63, 3.8) is 0 Å². The van der Waals surface area contributed by atoms with Crippen LogP contribution in [0.4, 0.5) is 13.2 Å². The van der Waals surface area contributed by atoms with Gasteiger partial charge < -0.3 is 15.3 Å². The van der Waals surface area contributed by atoms with Crippen LogP contribution in [0.15, 0.2) is 30.3 Å². The van der Waals surface area contributed by atoms with Gasteiger partial charge >= 0.3 is 12.1 Å². The average molecular weight is 381 g/mol. The topological polar surface area (TPSA) is 81.0 Å². The lowest BCUT2D eigenvalue weighted by molar-refractivity contribution is -0.192. The Morgan fingerprint density at radius 2 is 1.81 bits per heavy atom.